The van der Waals surface area contributed by atoms with E-state index in [0.29, 0.717) is 0 Å². The van der Waals surface area contributed by atoms with Crippen LogP contribution in [0.5, 0.6) is 11.5 Å². The molecule has 5 heteroatoms. The summed E-state index contributed by atoms with van der Waals surface area (Å²) in [4.78, 5) is 14.5. The fraction of sp³-hybridized carbons (Fsp3) is 0.316. The number of carbonyl (C=O) groups excluding carboxylic acids is 1. The van der Waals surface area contributed by atoms with Crippen LogP contribution in [-0.4, -0.2) is 31.7 Å². The van der Waals surface area contributed by atoms with Crippen molar-refractivity contribution in [2.75, 3.05) is 26.1 Å². The number of hydrogen-bond donors (Lipinski definition) is 1. The maximum absolute atomic E-state index is 12.7. The van der Waals surface area contributed by atoms with E-state index in [1.54, 1.807) is 14.2 Å². The zero-order chi connectivity index (χ0) is 16.9. The Morgan fingerprint density at radius 3 is 2.62 bits per heavy atom. The smallest absolute Gasteiger partial charge is 0.322 e. The van der Waals surface area contributed by atoms with Gasteiger partial charge in [-0.05, 0) is 37.1 Å². The number of hydrogen-bond acceptors (Lipinski definition) is 3. The van der Waals surface area contributed by atoms with Gasteiger partial charge in [-0.1, -0.05) is 18.2 Å². The maximum atomic E-state index is 12.7. The third kappa shape index (κ3) is 3.30. The lowest BCUT2D eigenvalue weighted by molar-refractivity contribution is 0.206. The number of likely N-dealkylation sites (tertiary alicyclic amines) is 1. The van der Waals surface area contributed by atoms with Gasteiger partial charge in [0.1, 0.15) is 11.5 Å². The average Bonchev–Trinajstić information content (AvgIpc) is 3.11. The van der Waals surface area contributed by atoms with Gasteiger partial charge < -0.3 is 19.7 Å². The van der Waals surface area contributed by atoms with Crippen molar-refractivity contribution in [1.29, 1.82) is 0 Å². The van der Waals surface area contributed by atoms with Crippen LogP contribution in [0.3, 0.4) is 0 Å². The molecule has 2 aromatic carbocycles. The Hall–Kier alpha value is -2.69. The molecule has 1 atom stereocenters. The molecule has 2 aromatic rings. The summed E-state index contributed by atoms with van der Waals surface area (Å²) >= 11 is 0. The van der Waals surface area contributed by atoms with Crippen LogP contribution >= 0.6 is 0 Å². The Bertz CT molecular complexity index is 703. The van der Waals surface area contributed by atoms with Gasteiger partial charge in [-0.25, -0.2) is 4.79 Å². The molecule has 3 rings (SSSR count). The minimum atomic E-state index is -0.0819. The first kappa shape index (κ1) is 16.2. The Labute approximate surface area is 142 Å². The summed E-state index contributed by atoms with van der Waals surface area (Å²) in [5.74, 6) is 1.49. The van der Waals surface area contributed by atoms with E-state index in [1.165, 1.54) is 0 Å². The van der Waals surface area contributed by atoms with E-state index in [0.717, 1.165) is 42.1 Å². The van der Waals surface area contributed by atoms with E-state index in [9.17, 15) is 4.79 Å². The number of methoxy groups -OCH3 is 2. The zero-order valence-electron chi connectivity index (χ0n) is 14.0. The molecule has 126 valence electrons. The molecule has 0 aromatic heterocycles. The van der Waals surface area contributed by atoms with E-state index in [4.69, 9.17) is 9.47 Å². The second-order valence-electron chi connectivity index (χ2n) is 5.76. The molecule has 5 nitrogen and oxygen atoms in total. The largest absolute Gasteiger partial charge is 0.497 e. The second-order valence-corrected chi connectivity index (χ2v) is 5.76. The number of para-hydroxylation sites is 1. The Balaban J connectivity index is 1.81. The third-order valence-corrected chi connectivity index (χ3v) is 4.34. The summed E-state index contributed by atoms with van der Waals surface area (Å²) < 4.78 is 10.8. The highest BCUT2D eigenvalue weighted by molar-refractivity contribution is 5.89. The van der Waals surface area contributed by atoms with Gasteiger partial charge in [0.25, 0.3) is 0 Å². The molecule has 0 bridgehead atoms. The number of ether oxygens (including phenoxy) is 2. The fourth-order valence-electron chi connectivity index (χ4n) is 3.14. The molecular weight excluding hydrogens is 304 g/mol. The molecule has 24 heavy (non-hydrogen) atoms. The fourth-order valence-corrected chi connectivity index (χ4v) is 3.14. The lowest BCUT2D eigenvalue weighted by Gasteiger charge is -2.26. The van der Waals surface area contributed by atoms with E-state index in [1.807, 2.05) is 53.4 Å². The first-order valence-electron chi connectivity index (χ1n) is 8.07. The second kappa shape index (κ2) is 7.25. The van der Waals surface area contributed by atoms with Gasteiger partial charge >= 0.3 is 6.03 Å². The van der Waals surface area contributed by atoms with Crippen molar-refractivity contribution in [2.24, 2.45) is 0 Å². The average molecular weight is 326 g/mol. The number of benzene rings is 2. The zero-order valence-corrected chi connectivity index (χ0v) is 14.0. The number of amides is 2. The van der Waals surface area contributed by atoms with E-state index in [-0.39, 0.29) is 12.1 Å². The Morgan fingerprint density at radius 1 is 1.12 bits per heavy atom. The van der Waals surface area contributed by atoms with Crippen molar-refractivity contribution in [2.45, 2.75) is 18.9 Å². The van der Waals surface area contributed by atoms with Crippen LogP contribution in [-0.2, 0) is 0 Å². The van der Waals surface area contributed by atoms with Crippen LogP contribution in [0.15, 0.2) is 48.5 Å². The summed E-state index contributed by atoms with van der Waals surface area (Å²) in [6, 6.07) is 15.2. The van der Waals surface area contributed by atoms with Crippen LogP contribution in [0.25, 0.3) is 0 Å². The summed E-state index contributed by atoms with van der Waals surface area (Å²) in [7, 11) is 3.27. The highest BCUT2D eigenvalue weighted by Gasteiger charge is 2.32. The van der Waals surface area contributed by atoms with Gasteiger partial charge in [-0.3, -0.25) is 0 Å². The van der Waals surface area contributed by atoms with Crippen molar-refractivity contribution >= 4 is 11.7 Å². The molecule has 1 saturated heterocycles. The van der Waals surface area contributed by atoms with Crippen LogP contribution in [0.2, 0.25) is 0 Å². The van der Waals surface area contributed by atoms with Crippen molar-refractivity contribution in [1.82, 2.24) is 4.90 Å². The molecule has 1 heterocycles. The normalized spacial score (nSPS) is 16.8. The van der Waals surface area contributed by atoms with Crippen LogP contribution < -0.4 is 14.8 Å². The Kier molecular flexibility index (Phi) is 4.89. The number of rotatable bonds is 4. The van der Waals surface area contributed by atoms with Gasteiger partial charge in [0.15, 0.2) is 0 Å². The minimum absolute atomic E-state index is 0.00886. The predicted molar refractivity (Wildman–Crippen MR) is 93.7 cm³/mol. The number of urea groups is 1. The molecule has 1 aliphatic heterocycles. The van der Waals surface area contributed by atoms with Crippen molar-refractivity contribution in [3.63, 3.8) is 0 Å². The number of nitrogens with one attached hydrogen (secondary N) is 1. The van der Waals surface area contributed by atoms with Gasteiger partial charge in [-0.2, -0.15) is 0 Å². The third-order valence-electron chi connectivity index (χ3n) is 4.34. The number of nitrogens with zero attached hydrogens (tertiary/aromatic N) is 1. The van der Waals surface area contributed by atoms with E-state index >= 15 is 0 Å². The number of anilines is 1. The van der Waals surface area contributed by atoms with E-state index < -0.39 is 0 Å². The minimum Gasteiger partial charge on any atom is -0.497 e. The van der Waals surface area contributed by atoms with E-state index in [2.05, 4.69) is 5.32 Å². The van der Waals surface area contributed by atoms with Crippen molar-refractivity contribution in [3.8, 4) is 11.5 Å². The highest BCUT2D eigenvalue weighted by atomic mass is 16.5. The molecule has 0 spiro atoms. The SMILES string of the molecule is COc1ccc(C2CCCN2C(=O)Nc2ccccc2)c(OC)c1. The Morgan fingerprint density at radius 2 is 1.92 bits per heavy atom. The molecule has 0 saturated carbocycles. The van der Waals surface area contributed by atoms with Gasteiger partial charge in [0, 0.05) is 23.9 Å². The standard InChI is InChI=1S/C19H22N2O3/c1-23-15-10-11-16(18(13-15)24-2)17-9-6-12-21(17)19(22)20-14-7-4-3-5-8-14/h3-5,7-8,10-11,13,17H,6,9,12H2,1-2H3,(H,20,22). The first-order chi connectivity index (χ1) is 11.7. The summed E-state index contributed by atoms with van der Waals surface area (Å²) in [6.45, 7) is 0.735. The molecular formula is C19H22N2O3. The predicted octanol–water partition coefficient (Wildman–Crippen LogP) is 4.07. The summed E-state index contributed by atoms with van der Waals surface area (Å²) in [5.41, 5.74) is 1.81. The molecule has 0 aliphatic carbocycles. The van der Waals surface area contributed by atoms with Crippen molar-refractivity contribution < 1.29 is 14.3 Å². The van der Waals surface area contributed by atoms with Gasteiger partial charge in [-0.15, -0.1) is 0 Å². The first-order valence-corrected chi connectivity index (χ1v) is 8.07. The summed E-state index contributed by atoms with van der Waals surface area (Å²) in [6.07, 6.45) is 1.90. The molecule has 1 N–H and O–H groups in total. The molecule has 1 aliphatic rings. The molecule has 0 radical (unpaired) electrons. The quantitative estimate of drug-likeness (QED) is 0.921. The van der Waals surface area contributed by atoms with Crippen LogP contribution in [0, 0.1) is 0 Å². The van der Waals surface area contributed by atoms with Crippen LogP contribution in [0.4, 0.5) is 10.5 Å². The van der Waals surface area contributed by atoms with Gasteiger partial charge in [0.2, 0.25) is 0 Å². The van der Waals surface area contributed by atoms with Crippen molar-refractivity contribution in [3.05, 3.63) is 54.1 Å². The topological polar surface area (TPSA) is 50.8 Å². The number of carbonyl (C=O) groups is 1. The maximum Gasteiger partial charge on any atom is 0.322 e. The van der Waals surface area contributed by atoms with Crippen LogP contribution in [0.1, 0.15) is 24.4 Å². The molecule has 1 unspecified atom stereocenters. The lowest BCUT2D eigenvalue weighted by Crippen LogP contribution is -2.34. The highest BCUT2D eigenvalue weighted by Crippen LogP contribution is 2.38. The summed E-state index contributed by atoms with van der Waals surface area (Å²) in [5, 5.41) is 2.97. The van der Waals surface area contributed by atoms with Gasteiger partial charge in [0.05, 0.1) is 20.3 Å². The molecule has 2 amide bonds. The monoisotopic (exact) mass is 326 g/mol. The lowest BCUT2D eigenvalue weighted by atomic mass is 10.0. The molecule has 1 fully saturated rings.